The zero-order chi connectivity index (χ0) is 22.1. The van der Waals surface area contributed by atoms with E-state index in [0.29, 0.717) is 5.82 Å². The number of nitrogens with zero attached hydrogens (tertiary/aromatic N) is 5. The van der Waals surface area contributed by atoms with Gasteiger partial charge in [-0.3, -0.25) is 9.36 Å². The fourth-order valence-corrected chi connectivity index (χ4v) is 4.41. The largest absolute Gasteiger partial charge is 0.497 e. The van der Waals surface area contributed by atoms with E-state index >= 15 is 0 Å². The average Bonchev–Trinajstić information content (AvgIpc) is 3.19. The van der Waals surface area contributed by atoms with Gasteiger partial charge in [-0.25, -0.2) is 4.98 Å². The summed E-state index contributed by atoms with van der Waals surface area (Å²) in [6.45, 7) is 1.20. The van der Waals surface area contributed by atoms with Crippen molar-refractivity contribution in [2.45, 2.75) is 16.7 Å². The molecule has 0 aliphatic rings. The Bertz CT molecular complexity index is 981. The predicted molar refractivity (Wildman–Crippen MR) is 124 cm³/mol. The smallest absolute Gasteiger partial charge is 0.230 e. The Morgan fingerprint density at radius 1 is 1.16 bits per heavy atom. The number of carbonyl (C=O) groups excluding carboxylic acids is 1. The Balaban J connectivity index is 1.71. The van der Waals surface area contributed by atoms with E-state index in [2.05, 4.69) is 25.4 Å². The maximum Gasteiger partial charge on any atom is 0.230 e. The molecule has 1 amide bonds. The number of carbonyl (C=O) groups is 1. The summed E-state index contributed by atoms with van der Waals surface area (Å²) in [7, 11) is 5.72. The summed E-state index contributed by atoms with van der Waals surface area (Å²) in [5, 5.41) is 13.2. The van der Waals surface area contributed by atoms with Crippen molar-refractivity contribution in [3.8, 4) is 11.4 Å². The van der Waals surface area contributed by atoms with Gasteiger partial charge in [-0.1, -0.05) is 35.7 Å². The minimum absolute atomic E-state index is 0.0855. The minimum Gasteiger partial charge on any atom is -0.497 e. The summed E-state index contributed by atoms with van der Waals surface area (Å²) >= 11 is 3.02. The first kappa shape index (κ1) is 23.1. The first-order valence-electron chi connectivity index (χ1n) is 9.73. The molecule has 164 valence electrons. The van der Waals surface area contributed by atoms with E-state index in [0.717, 1.165) is 33.9 Å². The fraction of sp³-hybridized carbons (Fsp3) is 0.333. The van der Waals surface area contributed by atoms with Crippen molar-refractivity contribution < 1.29 is 9.53 Å². The maximum absolute atomic E-state index is 12.3. The molecule has 31 heavy (non-hydrogen) atoms. The second kappa shape index (κ2) is 11.7. The molecular formula is C21H26N6O2S2. The average molecular weight is 459 g/mol. The van der Waals surface area contributed by atoms with Gasteiger partial charge in [-0.05, 0) is 38.4 Å². The molecular weight excluding hydrogens is 432 g/mol. The first-order chi connectivity index (χ1) is 15.1. The molecule has 3 aromatic rings. The summed E-state index contributed by atoms with van der Waals surface area (Å²) in [5.41, 5.74) is 0.892. The van der Waals surface area contributed by atoms with E-state index in [4.69, 9.17) is 4.74 Å². The molecule has 2 heterocycles. The number of pyridine rings is 1. The summed E-state index contributed by atoms with van der Waals surface area (Å²) in [5.74, 6) is 2.49. The molecule has 0 unspecified atom stereocenters. The van der Waals surface area contributed by atoms with Crippen LogP contribution in [0.15, 0.2) is 58.8 Å². The van der Waals surface area contributed by atoms with E-state index in [1.54, 1.807) is 25.1 Å². The van der Waals surface area contributed by atoms with Crippen molar-refractivity contribution >= 4 is 29.4 Å². The molecule has 10 heteroatoms. The summed E-state index contributed by atoms with van der Waals surface area (Å²) in [4.78, 5) is 18.7. The normalized spacial score (nSPS) is 11.0. The quantitative estimate of drug-likeness (QED) is 0.439. The van der Waals surface area contributed by atoms with Gasteiger partial charge in [-0.15, -0.1) is 10.2 Å². The number of nitrogens with one attached hydrogen (secondary N) is 1. The number of amides is 1. The number of hydrogen-bond donors (Lipinski definition) is 1. The summed E-state index contributed by atoms with van der Waals surface area (Å²) in [6, 6.07) is 13.4. The SMILES string of the molecule is COc1cccc(-n2c(CNC(=O)CSc3ccccn3)nnc2SCCN(C)C)c1. The molecule has 0 aliphatic carbocycles. The maximum atomic E-state index is 12.3. The van der Waals surface area contributed by atoms with Crippen LogP contribution in [0.3, 0.4) is 0 Å². The van der Waals surface area contributed by atoms with Crippen LogP contribution in [0.4, 0.5) is 0 Å². The predicted octanol–water partition coefficient (Wildman–Crippen LogP) is 2.73. The zero-order valence-corrected chi connectivity index (χ0v) is 19.4. The number of hydrogen-bond acceptors (Lipinski definition) is 8. The highest BCUT2D eigenvalue weighted by Gasteiger charge is 2.16. The molecule has 2 aromatic heterocycles. The molecule has 0 fully saturated rings. The van der Waals surface area contributed by atoms with Crippen LogP contribution >= 0.6 is 23.5 Å². The van der Waals surface area contributed by atoms with Gasteiger partial charge in [0.05, 0.1) is 30.1 Å². The molecule has 3 rings (SSSR count). The third-order valence-electron chi connectivity index (χ3n) is 4.21. The van der Waals surface area contributed by atoms with Crippen LogP contribution in [-0.2, 0) is 11.3 Å². The Morgan fingerprint density at radius 3 is 2.77 bits per heavy atom. The van der Waals surface area contributed by atoms with Crippen LogP contribution in [0.5, 0.6) is 5.75 Å². The van der Waals surface area contributed by atoms with Crippen LogP contribution in [0.2, 0.25) is 0 Å². The summed E-state index contributed by atoms with van der Waals surface area (Å²) in [6.07, 6.45) is 1.71. The van der Waals surface area contributed by atoms with E-state index in [9.17, 15) is 4.79 Å². The van der Waals surface area contributed by atoms with Gasteiger partial charge in [0.25, 0.3) is 0 Å². The molecule has 0 spiro atoms. The van der Waals surface area contributed by atoms with E-state index in [1.165, 1.54) is 11.8 Å². The highest BCUT2D eigenvalue weighted by Crippen LogP contribution is 2.24. The first-order valence-corrected chi connectivity index (χ1v) is 11.7. The molecule has 0 bridgehead atoms. The van der Waals surface area contributed by atoms with Gasteiger partial charge < -0.3 is 15.0 Å². The second-order valence-electron chi connectivity index (χ2n) is 6.82. The Morgan fingerprint density at radius 2 is 2.03 bits per heavy atom. The monoisotopic (exact) mass is 458 g/mol. The lowest BCUT2D eigenvalue weighted by molar-refractivity contribution is -0.118. The van der Waals surface area contributed by atoms with Gasteiger partial charge in [0.2, 0.25) is 5.91 Å². The van der Waals surface area contributed by atoms with Crippen molar-refractivity contribution in [2.75, 3.05) is 39.3 Å². The van der Waals surface area contributed by atoms with Crippen molar-refractivity contribution in [1.82, 2.24) is 30.0 Å². The minimum atomic E-state index is -0.0855. The zero-order valence-electron chi connectivity index (χ0n) is 17.8. The standard InChI is InChI=1S/C21H26N6O2S2/c1-26(2)11-12-30-21-25-24-18(27(21)16-7-6-8-17(13-16)29-3)14-23-19(28)15-31-20-9-4-5-10-22-20/h4-10,13H,11-12,14-15H2,1-3H3,(H,23,28). The molecule has 0 radical (unpaired) electrons. The highest BCUT2D eigenvalue weighted by atomic mass is 32.2. The molecule has 0 saturated carbocycles. The lowest BCUT2D eigenvalue weighted by atomic mass is 10.3. The van der Waals surface area contributed by atoms with Gasteiger partial charge in [0.15, 0.2) is 11.0 Å². The topological polar surface area (TPSA) is 85.2 Å². The number of aromatic nitrogens is 4. The summed E-state index contributed by atoms with van der Waals surface area (Å²) < 4.78 is 7.34. The molecule has 1 aromatic carbocycles. The fourth-order valence-electron chi connectivity index (χ4n) is 2.64. The van der Waals surface area contributed by atoms with Crippen LogP contribution in [0.25, 0.3) is 5.69 Å². The van der Waals surface area contributed by atoms with Gasteiger partial charge in [-0.2, -0.15) is 0 Å². The molecule has 0 aliphatic heterocycles. The van der Waals surface area contributed by atoms with Gasteiger partial charge in [0, 0.05) is 24.6 Å². The molecule has 0 saturated heterocycles. The van der Waals surface area contributed by atoms with Gasteiger partial charge >= 0.3 is 0 Å². The Hall–Kier alpha value is -2.56. The number of rotatable bonds is 11. The Labute approximate surface area is 190 Å². The molecule has 8 nitrogen and oxygen atoms in total. The highest BCUT2D eigenvalue weighted by molar-refractivity contribution is 8.00. The van der Waals surface area contributed by atoms with Gasteiger partial charge in [0.1, 0.15) is 5.75 Å². The molecule has 0 atom stereocenters. The number of ether oxygens (including phenoxy) is 1. The van der Waals surface area contributed by atoms with Crippen LogP contribution in [0, 0.1) is 0 Å². The van der Waals surface area contributed by atoms with Crippen LogP contribution in [0.1, 0.15) is 5.82 Å². The lowest BCUT2D eigenvalue weighted by Gasteiger charge is -2.13. The lowest BCUT2D eigenvalue weighted by Crippen LogP contribution is -2.26. The second-order valence-corrected chi connectivity index (χ2v) is 8.88. The van der Waals surface area contributed by atoms with Crippen molar-refractivity contribution in [2.24, 2.45) is 0 Å². The van der Waals surface area contributed by atoms with Crippen molar-refractivity contribution in [1.29, 1.82) is 0 Å². The number of methoxy groups -OCH3 is 1. The van der Waals surface area contributed by atoms with Crippen molar-refractivity contribution in [3.05, 3.63) is 54.5 Å². The van der Waals surface area contributed by atoms with Crippen molar-refractivity contribution in [3.63, 3.8) is 0 Å². The third kappa shape index (κ3) is 6.98. The van der Waals surface area contributed by atoms with E-state index < -0.39 is 0 Å². The number of benzene rings is 1. The van der Waals surface area contributed by atoms with Crippen LogP contribution < -0.4 is 10.1 Å². The third-order valence-corrected chi connectivity index (χ3v) is 6.07. The van der Waals surface area contributed by atoms with Crippen LogP contribution in [-0.4, -0.2) is 69.8 Å². The number of thioether (sulfide) groups is 2. The van der Waals surface area contributed by atoms with E-state index in [1.807, 2.05) is 61.1 Å². The molecule has 1 N–H and O–H groups in total. The Kier molecular flexibility index (Phi) is 8.74. The van der Waals surface area contributed by atoms with E-state index in [-0.39, 0.29) is 18.2 Å².